The third kappa shape index (κ3) is 1.19. The van der Waals surface area contributed by atoms with E-state index in [0.29, 0.717) is 0 Å². The Morgan fingerprint density at radius 3 is 2.17 bits per heavy atom. The van der Waals surface area contributed by atoms with Gasteiger partial charge in [-0.25, -0.2) is 0 Å². The van der Waals surface area contributed by atoms with E-state index in [2.05, 4.69) is 32.6 Å². The molecule has 0 radical (unpaired) electrons. The quantitative estimate of drug-likeness (QED) is 0.611. The van der Waals surface area contributed by atoms with Crippen molar-refractivity contribution < 1.29 is 0 Å². The number of nitrogens with zero attached hydrogens (tertiary/aromatic N) is 1. The second kappa shape index (κ2) is 2.73. The molecular weight excluding hydrogens is 146 g/mol. The fraction of sp³-hybridized carbons (Fsp3) is 1.00. The Kier molecular flexibility index (Phi) is 1.95. The van der Waals surface area contributed by atoms with Crippen molar-refractivity contribution in [3.8, 4) is 0 Å². The molecule has 1 heteroatoms. The van der Waals surface area contributed by atoms with Crippen molar-refractivity contribution >= 4 is 0 Å². The molecule has 0 aromatic rings. The van der Waals surface area contributed by atoms with Crippen LogP contribution in [0.1, 0.15) is 40.5 Å². The number of hydrogen-bond acceptors (Lipinski definition) is 1. The zero-order valence-electron chi connectivity index (χ0n) is 8.75. The summed E-state index contributed by atoms with van der Waals surface area (Å²) in [6.07, 6.45) is 2.96. The monoisotopic (exact) mass is 167 g/mol. The lowest BCUT2D eigenvalue weighted by Gasteiger charge is -2.33. The molecule has 2 rings (SSSR count). The number of likely N-dealkylation sites (tertiary alicyclic amines) is 1. The lowest BCUT2D eigenvalue weighted by atomic mass is 9.99. The minimum Gasteiger partial charge on any atom is -0.294 e. The van der Waals surface area contributed by atoms with Gasteiger partial charge in [0.2, 0.25) is 0 Å². The first-order chi connectivity index (χ1) is 5.61. The SMILES string of the molecule is CC(C)C1CC2CC2N1C(C)C. The third-order valence-electron chi connectivity index (χ3n) is 3.56. The summed E-state index contributed by atoms with van der Waals surface area (Å²) in [4.78, 5) is 2.76. The van der Waals surface area contributed by atoms with Gasteiger partial charge in [-0.2, -0.15) is 0 Å². The van der Waals surface area contributed by atoms with E-state index in [-0.39, 0.29) is 0 Å². The van der Waals surface area contributed by atoms with Gasteiger partial charge in [-0.05, 0) is 38.5 Å². The molecular formula is C11H21N. The van der Waals surface area contributed by atoms with Gasteiger partial charge in [0.15, 0.2) is 0 Å². The van der Waals surface area contributed by atoms with E-state index in [1.807, 2.05) is 0 Å². The van der Waals surface area contributed by atoms with Crippen LogP contribution in [0.25, 0.3) is 0 Å². The molecule has 1 aliphatic heterocycles. The highest BCUT2D eigenvalue weighted by Gasteiger charge is 2.52. The van der Waals surface area contributed by atoms with Crippen molar-refractivity contribution in [3.63, 3.8) is 0 Å². The molecule has 2 fully saturated rings. The maximum Gasteiger partial charge on any atom is 0.0134 e. The van der Waals surface area contributed by atoms with Crippen molar-refractivity contribution in [2.75, 3.05) is 0 Å². The van der Waals surface area contributed by atoms with Gasteiger partial charge < -0.3 is 0 Å². The molecule has 0 bridgehead atoms. The van der Waals surface area contributed by atoms with Crippen molar-refractivity contribution in [1.82, 2.24) is 4.90 Å². The van der Waals surface area contributed by atoms with Gasteiger partial charge in [0.1, 0.15) is 0 Å². The van der Waals surface area contributed by atoms with Gasteiger partial charge in [0.05, 0.1) is 0 Å². The molecule has 70 valence electrons. The van der Waals surface area contributed by atoms with Crippen LogP contribution in [0.3, 0.4) is 0 Å². The number of rotatable bonds is 2. The standard InChI is InChI=1S/C11H21N/c1-7(2)10-5-9-6-11(9)12(10)8(3)4/h7-11H,5-6H2,1-4H3. The fourth-order valence-electron chi connectivity index (χ4n) is 2.91. The average Bonchev–Trinajstić information content (AvgIpc) is 2.60. The Bertz CT molecular complexity index is 174. The molecule has 0 aromatic carbocycles. The van der Waals surface area contributed by atoms with E-state index in [4.69, 9.17) is 0 Å². The maximum atomic E-state index is 2.76. The lowest BCUT2D eigenvalue weighted by molar-refractivity contribution is 0.136. The Morgan fingerprint density at radius 2 is 1.75 bits per heavy atom. The molecule has 0 N–H and O–H groups in total. The highest BCUT2D eigenvalue weighted by molar-refractivity contribution is 5.07. The van der Waals surface area contributed by atoms with Crippen LogP contribution in [0.2, 0.25) is 0 Å². The Labute approximate surface area is 76.1 Å². The predicted octanol–water partition coefficient (Wildman–Crippen LogP) is 2.51. The van der Waals surface area contributed by atoms with E-state index >= 15 is 0 Å². The van der Waals surface area contributed by atoms with Crippen LogP contribution in [-0.2, 0) is 0 Å². The van der Waals surface area contributed by atoms with Crippen LogP contribution in [0.4, 0.5) is 0 Å². The largest absolute Gasteiger partial charge is 0.294 e. The van der Waals surface area contributed by atoms with Crippen molar-refractivity contribution in [2.24, 2.45) is 11.8 Å². The first kappa shape index (κ1) is 8.55. The first-order valence-electron chi connectivity index (χ1n) is 5.38. The highest BCUT2D eigenvalue weighted by Crippen LogP contribution is 2.50. The van der Waals surface area contributed by atoms with Gasteiger partial charge in [0, 0.05) is 18.1 Å². The van der Waals surface area contributed by atoms with Crippen LogP contribution in [0.15, 0.2) is 0 Å². The second-order valence-corrected chi connectivity index (χ2v) is 5.15. The van der Waals surface area contributed by atoms with Crippen LogP contribution < -0.4 is 0 Å². The van der Waals surface area contributed by atoms with Crippen LogP contribution in [0, 0.1) is 11.8 Å². The molecule has 1 saturated heterocycles. The van der Waals surface area contributed by atoms with Gasteiger partial charge in [-0.1, -0.05) is 13.8 Å². The minimum atomic E-state index is 0.759. The van der Waals surface area contributed by atoms with Gasteiger partial charge in [-0.15, -0.1) is 0 Å². The molecule has 1 aliphatic carbocycles. The van der Waals surface area contributed by atoms with E-state index in [1.165, 1.54) is 12.8 Å². The summed E-state index contributed by atoms with van der Waals surface area (Å²) in [6, 6.07) is 2.61. The second-order valence-electron chi connectivity index (χ2n) is 5.15. The summed E-state index contributed by atoms with van der Waals surface area (Å²) in [6.45, 7) is 9.42. The molecule has 0 aromatic heterocycles. The van der Waals surface area contributed by atoms with Crippen molar-refractivity contribution in [2.45, 2.75) is 58.7 Å². The topological polar surface area (TPSA) is 3.24 Å². The van der Waals surface area contributed by atoms with E-state index < -0.39 is 0 Å². The molecule has 1 nitrogen and oxygen atoms in total. The smallest absolute Gasteiger partial charge is 0.0134 e. The van der Waals surface area contributed by atoms with Crippen LogP contribution >= 0.6 is 0 Å². The van der Waals surface area contributed by atoms with Gasteiger partial charge in [0.25, 0.3) is 0 Å². The molecule has 1 heterocycles. The number of piperidine rings is 1. The number of fused-ring (bicyclic) bond motifs is 1. The van der Waals surface area contributed by atoms with Gasteiger partial charge in [-0.3, -0.25) is 4.90 Å². The van der Waals surface area contributed by atoms with Gasteiger partial charge >= 0.3 is 0 Å². The molecule has 12 heavy (non-hydrogen) atoms. The van der Waals surface area contributed by atoms with Crippen molar-refractivity contribution in [3.05, 3.63) is 0 Å². The fourth-order valence-corrected chi connectivity index (χ4v) is 2.91. The van der Waals surface area contributed by atoms with E-state index in [9.17, 15) is 0 Å². The Hall–Kier alpha value is -0.0400. The summed E-state index contributed by atoms with van der Waals surface area (Å²) >= 11 is 0. The lowest BCUT2D eigenvalue weighted by Crippen LogP contribution is -2.41. The molecule has 2 aliphatic rings. The normalized spacial score (nSPS) is 41.0. The van der Waals surface area contributed by atoms with E-state index in [0.717, 1.165) is 30.0 Å². The first-order valence-corrected chi connectivity index (χ1v) is 5.38. The summed E-state index contributed by atoms with van der Waals surface area (Å²) < 4.78 is 0. The minimum absolute atomic E-state index is 0.759. The van der Waals surface area contributed by atoms with Crippen LogP contribution in [0.5, 0.6) is 0 Å². The molecule has 3 atom stereocenters. The Morgan fingerprint density at radius 1 is 1.08 bits per heavy atom. The number of hydrogen-bond donors (Lipinski definition) is 0. The third-order valence-corrected chi connectivity index (χ3v) is 3.56. The summed E-state index contributed by atoms with van der Waals surface area (Å²) in [5.74, 6) is 1.92. The zero-order valence-corrected chi connectivity index (χ0v) is 8.75. The molecule has 0 spiro atoms. The average molecular weight is 167 g/mol. The molecule has 0 amide bonds. The van der Waals surface area contributed by atoms with Crippen molar-refractivity contribution in [1.29, 1.82) is 0 Å². The summed E-state index contributed by atoms with van der Waals surface area (Å²) in [7, 11) is 0. The highest BCUT2D eigenvalue weighted by atomic mass is 15.3. The van der Waals surface area contributed by atoms with E-state index in [1.54, 1.807) is 0 Å². The Balaban J connectivity index is 2.06. The summed E-state index contributed by atoms with van der Waals surface area (Å²) in [5, 5.41) is 0. The zero-order chi connectivity index (χ0) is 8.88. The van der Waals surface area contributed by atoms with Crippen LogP contribution in [-0.4, -0.2) is 23.0 Å². The predicted molar refractivity (Wildman–Crippen MR) is 52.1 cm³/mol. The summed E-state index contributed by atoms with van der Waals surface area (Å²) in [5.41, 5.74) is 0. The molecule has 3 unspecified atom stereocenters. The maximum absolute atomic E-state index is 2.76. The molecule has 1 saturated carbocycles.